The van der Waals surface area contributed by atoms with E-state index in [-0.39, 0.29) is 0 Å². The second-order valence-corrected chi connectivity index (χ2v) is 2.33. The first-order valence-corrected chi connectivity index (χ1v) is 3.97. The summed E-state index contributed by atoms with van der Waals surface area (Å²) in [7, 11) is 1.31. The molecule has 2 N–H and O–H groups in total. The molecule has 5 nitrogen and oxygen atoms in total. The van der Waals surface area contributed by atoms with E-state index in [1.165, 1.54) is 7.11 Å². The van der Waals surface area contributed by atoms with Crippen LogP contribution in [0.4, 0.5) is 0 Å². The van der Waals surface area contributed by atoms with Crippen LogP contribution in [0.5, 0.6) is 0 Å². The van der Waals surface area contributed by atoms with Crippen LogP contribution in [-0.4, -0.2) is 35.9 Å². The highest BCUT2D eigenvalue weighted by molar-refractivity contribution is 5.71. The van der Waals surface area contributed by atoms with E-state index in [0.717, 1.165) is 12.8 Å². The first-order chi connectivity index (χ1) is 6.09. The smallest absolute Gasteiger partial charge is 0.332 e. The third kappa shape index (κ3) is 13.8. The van der Waals surface area contributed by atoms with Gasteiger partial charge in [0, 0.05) is 0 Å². The SMILES string of the molecule is CCCCC(O)C(=O)O.COC=O. The van der Waals surface area contributed by atoms with Crippen molar-refractivity contribution < 1.29 is 24.5 Å². The maximum Gasteiger partial charge on any atom is 0.332 e. The van der Waals surface area contributed by atoms with Crippen molar-refractivity contribution in [2.24, 2.45) is 0 Å². The molecule has 0 aliphatic heterocycles. The van der Waals surface area contributed by atoms with E-state index >= 15 is 0 Å². The van der Waals surface area contributed by atoms with Crippen LogP contribution in [0, 0.1) is 0 Å². The van der Waals surface area contributed by atoms with Gasteiger partial charge in [0.05, 0.1) is 7.11 Å². The van der Waals surface area contributed by atoms with Crippen molar-refractivity contribution in [1.29, 1.82) is 0 Å². The van der Waals surface area contributed by atoms with Gasteiger partial charge in [-0.15, -0.1) is 0 Å². The summed E-state index contributed by atoms with van der Waals surface area (Å²) >= 11 is 0. The minimum absolute atomic E-state index is 0.367. The predicted octanol–water partition coefficient (Wildman–Crippen LogP) is 0.411. The molecular formula is C8H16O5. The van der Waals surface area contributed by atoms with E-state index in [0.29, 0.717) is 12.9 Å². The van der Waals surface area contributed by atoms with Crippen molar-refractivity contribution in [1.82, 2.24) is 0 Å². The highest BCUT2D eigenvalue weighted by Gasteiger charge is 2.10. The van der Waals surface area contributed by atoms with Crippen LogP contribution < -0.4 is 0 Å². The summed E-state index contributed by atoms with van der Waals surface area (Å²) in [5.74, 6) is -1.12. The van der Waals surface area contributed by atoms with Gasteiger partial charge in [-0.3, -0.25) is 4.79 Å². The van der Waals surface area contributed by atoms with Crippen LogP contribution in [0.25, 0.3) is 0 Å². The Morgan fingerprint density at radius 1 is 1.62 bits per heavy atom. The second kappa shape index (κ2) is 10.9. The van der Waals surface area contributed by atoms with Crippen LogP contribution in [0.1, 0.15) is 26.2 Å². The lowest BCUT2D eigenvalue weighted by atomic mass is 10.2. The molecule has 0 aromatic carbocycles. The first-order valence-electron chi connectivity index (χ1n) is 3.97. The fraction of sp³-hybridized carbons (Fsp3) is 0.750. The number of ether oxygens (including phenoxy) is 1. The standard InChI is InChI=1S/C6H12O3.C2H4O2/c1-2-3-4-5(7)6(8)9;1-4-2-3/h5,7H,2-4H2,1H3,(H,8,9);2H,1H3. The Morgan fingerprint density at radius 2 is 2.08 bits per heavy atom. The van der Waals surface area contributed by atoms with Crippen LogP contribution in [0.15, 0.2) is 0 Å². The fourth-order valence-electron chi connectivity index (χ4n) is 0.521. The molecular weight excluding hydrogens is 176 g/mol. The molecule has 1 atom stereocenters. The number of aliphatic carboxylic acids is 1. The highest BCUT2D eigenvalue weighted by Crippen LogP contribution is 1.99. The van der Waals surface area contributed by atoms with Crippen molar-refractivity contribution in [3.8, 4) is 0 Å². The van der Waals surface area contributed by atoms with Gasteiger partial charge in [-0.1, -0.05) is 19.8 Å². The van der Waals surface area contributed by atoms with E-state index in [4.69, 9.17) is 15.0 Å². The molecule has 0 amide bonds. The molecule has 0 aliphatic carbocycles. The molecule has 0 saturated heterocycles. The van der Waals surface area contributed by atoms with Crippen LogP contribution in [-0.2, 0) is 14.3 Å². The summed E-state index contributed by atoms with van der Waals surface area (Å²) in [6, 6.07) is 0. The van der Waals surface area contributed by atoms with E-state index in [9.17, 15) is 4.79 Å². The molecule has 13 heavy (non-hydrogen) atoms. The van der Waals surface area contributed by atoms with Gasteiger partial charge in [-0.05, 0) is 6.42 Å². The summed E-state index contributed by atoms with van der Waals surface area (Å²) in [4.78, 5) is 18.9. The quantitative estimate of drug-likeness (QED) is 0.616. The highest BCUT2D eigenvalue weighted by atomic mass is 16.5. The molecule has 0 aromatic rings. The Labute approximate surface area is 77.3 Å². The Kier molecular flexibility index (Phi) is 12.1. The minimum atomic E-state index is -1.16. The summed E-state index contributed by atoms with van der Waals surface area (Å²) < 4.78 is 3.86. The molecule has 78 valence electrons. The normalized spacial score (nSPS) is 10.7. The zero-order valence-corrected chi connectivity index (χ0v) is 7.90. The topological polar surface area (TPSA) is 83.8 Å². The molecule has 0 aromatic heterocycles. The lowest BCUT2D eigenvalue weighted by Gasteiger charge is -2.01. The molecule has 0 aliphatic rings. The summed E-state index contributed by atoms with van der Waals surface area (Å²) in [5.41, 5.74) is 0. The third-order valence-electron chi connectivity index (χ3n) is 1.21. The van der Waals surface area contributed by atoms with E-state index in [1.54, 1.807) is 0 Å². The lowest BCUT2D eigenvalue weighted by Crippen LogP contribution is -2.18. The molecule has 0 heterocycles. The van der Waals surface area contributed by atoms with Crippen molar-refractivity contribution >= 4 is 12.4 Å². The summed E-state index contributed by atoms with van der Waals surface area (Å²) in [5, 5.41) is 16.8. The number of carboxylic acid groups (broad SMARTS) is 1. The fourth-order valence-corrected chi connectivity index (χ4v) is 0.521. The Hall–Kier alpha value is -1.10. The lowest BCUT2D eigenvalue weighted by molar-refractivity contribution is -0.147. The predicted molar refractivity (Wildman–Crippen MR) is 46.2 cm³/mol. The van der Waals surface area contributed by atoms with Crippen molar-refractivity contribution in [3.05, 3.63) is 0 Å². The maximum atomic E-state index is 9.96. The number of aliphatic hydroxyl groups excluding tert-OH is 1. The zero-order valence-electron chi connectivity index (χ0n) is 7.90. The number of hydrogen-bond donors (Lipinski definition) is 2. The average molecular weight is 192 g/mol. The van der Waals surface area contributed by atoms with E-state index in [2.05, 4.69) is 4.74 Å². The largest absolute Gasteiger partial charge is 0.479 e. The monoisotopic (exact) mass is 192 g/mol. The third-order valence-corrected chi connectivity index (χ3v) is 1.21. The van der Waals surface area contributed by atoms with Gasteiger partial charge >= 0.3 is 5.97 Å². The molecule has 0 spiro atoms. The van der Waals surface area contributed by atoms with Gasteiger partial charge in [-0.2, -0.15) is 0 Å². The minimum Gasteiger partial charge on any atom is -0.479 e. The van der Waals surface area contributed by atoms with Crippen LogP contribution in [0.3, 0.4) is 0 Å². The van der Waals surface area contributed by atoms with Crippen molar-refractivity contribution in [2.75, 3.05) is 7.11 Å². The second-order valence-electron chi connectivity index (χ2n) is 2.33. The van der Waals surface area contributed by atoms with E-state index in [1.807, 2.05) is 6.92 Å². The first kappa shape index (κ1) is 14.4. The number of aliphatic hydroxyl groups is 1. The number of rotatable bonds is 5. The van der Waals surface area contributed by atoms with Crippen LogP contribution >= 0.6 is 0 Å². The van der Waals surface area contributed by atoms with Gasteiger partial charge in [0.25, 0.3) is 6.47 Å². The van der Waals surface area contributed by atoms with Crippen molar-refractivity contribution in [2.45, 2.75) is 32.3 Å². The molecule has 0 fully saturated rings. The molecule has 0 saturated carbocycles. The summed E-state index contributed by atoms with van der Waals surface area (Å²) in [6.45, 7) is 2.33. The zero-order chi connectivity index (χ0) is 10.7. The molecule has 5 heteroatoms. The van der Waals surface area contributed by atoms with Gasteiger partial charge in [0.2, 0.25) is 0 Å². The van der Waals surface area contributed by atoms with Crippen LogP contribution in [0.2, 0.25) is 0 Å². The van der Waals surface area contributed by atoms with E-state index < -0.39 is 12.1 Å². The average Bonchev–Trinajstić information content (AvgIpc) is 2.14. The number of carbonyl (C=O) groups excluding carboxylic acids is 1. The Morgan fingerprint density at radius 3 is 2.31 bits per heavy atom. The number of carbonyl (C=O) groups is 2. The Balaban J connectivity index is 0. The number of carboxylic acids is 1. The molecule has 1 unspecified atom stereocenters. The molecule has 0 bridgehead atoms. The number of hydrogen-bond acceptors (Lipinski definition) is 4. The van der Waals surface area contributed by atoms with Gasteiger partial charge in [0.1, 0.15) is 0 Å². The Bertz CT molecular complexity index is 134. The van der Waals surface area contributed by atoms with Crippen molar-refractivity contribution in [3.63, 3.8) is 0 Å². The summed E-state index contributed by atoms with van der Waals surface area (Å²) in [6.07, 6.45) is 0.897. The van der Waals surface area contributed by atoms with Gasteiger partial charge < -0.3 is 14.9 Å². The number of methoxy groups -OCH3 is 1. The molecule has 0 rings (SSSR count). The van der Waals surface area contributed by atoms with Gasteiger partial charge in [-0.25, -0.2) is 4.79 Å². The molecule has 0 radical (unpaired) electrons. The van der Waals surface area contributed by atoms with Gasteiger partial charge in [0.15, 0.2) is 6.10 Å². The maximum absolute atomic E-state index is 9.96. The number of unbranched alkanes of at least 4 members (excludes halogenated alkanes) is 1.